The molecule has 0 saturated heterocycles. The molecule has 5 nitrogen and oxygen atoms in total. The van der Waals surface area contributed by atoms with E-state index in [1.54, 1.807) is 0 Å². The first kappa shape index (κ1) is 19.0. The van der Waals surface area contributed by atoms with Crippen molar-refractivity contribution in [2.24, 2.45) is 0 Å². The topological polar surface area (TPSA) is 67.4 Å². The quantitative estimate of drug-likeness (QED) is 0.876. The summed E-state index contributed by atoms with van der Waals surface area (Å²) in [6.45, 7) is 11.4. The molecular formula is C18H28N2O3. The first-order chi connectivity index (χ1) is 10.5. The van der Waals surface area contributed by atoms with Gasteiger partial charge in [-0.05, 0) is 47.1 Å². The maximum atomic E-state index is 12.0. The largest absolute Gasteiger partial charge is 0.444 e. The Morgan fingerprint density at radius 2 is 1.61 bits per heavy atom. The van der Waals surface area contributed by atoms with Crippen LogP contribution in [0.4, 0.5) is 4.79 Å². The zero-order valence-corrected chi connectivity index (χ0v) is 14.9. The van der Waals surface area contributed by atoms with Gasteiger partial charge in [0.25, 0.3) is 0 Å². The Labute approximate surface area is 138 Å². The van der Waals surface area contributed by atoms with Gasteiger partial charge in [0.2, 0.25) is 5.91 Å². The minimum atomic E-state index is -0.592. The molecule has 2 amide bonds. The SMILES string of the molecule is Cc1ccc(CC(=O)NCC(C)(C)NC(=O)OC(C)(C)C)cc1. The van der Waals surface area contributed by atoms with Crippen LogP contribution in [-0.4, -0.2) is 29.7 Å². The summed E-state index contributed by atoms with van der Waals surface area (Å²) < 4.78 is 5.22. The number of hydrogen-bond donors (Lipinski definition) is 2. The van der Waals surface area contributed by atoms with Gasteiger partial charge >= 0.3 is 6.09 Å². The van der Waals surface area contributed by atoms with Gasteiger partial charge in [0.15, 0.2) is 0 Å². The molecule has 0 aliphatic rings. The summed E-state index contributed by atoms with van der Waals surface area (Å²) in [4.78, 5) is 23.8. The monoisotopic (exact) mass is 320 g/mol. The summed E-state index contributed by atoms with van der Waals surface area (Å²) >= 11 is 0. The van der Waals surface area contributed by atoms with Crippen LogP contribution in [0.3, 0.4) is 0 Å². The molecule has 0 atom stereocenters. The van der Waals surface area contributed by atoms with E-state index < -0.39 is 17.2 Å². The Balaban J connectivity index is 2.44. The summed E-state index contributed by atoms with van der Waals surface area (Å²) in [5.74, 6) is -0.0760. The van der Waals surface area contributed by atoms with Gasteiger partial charge in [-0.15, -0.1) is 0 Å². The Bertz CT molecular complexity index is 542. The Kier molecular flexibility index (Phi) is 6.19. The third-order valence-corrected chi connectivity index (χ3v) is 3.05. The highest BCUT2D eigenvalue weighted by molar-refractivity contribution is 5.78. The lowest BCUT2D eigenvalue weighted by atomic mass is 10.1. The number of alkyl carbamates (subject to hydrolysis) is 1. The van der Waals surface area contributed by atoms with Crippen LogP contribution in [0, 0.1) is 6.92 Å². The maximum absolute atomic E-state index is 12.0. The van der Waals surface area contributed by atoms with E-state index >= 15 is 0 Å². The van der Waals surface area contributed by atoms with Crippen molar-refractivity contribution in [3.63, 3.8) is 0 Å². The zero-order valence-electron chi connectivity index (χ0n) is 14.9. The van der Waals surface area contributed by atoms with Gasteiger partial charge in [0.1, 0.15) is 5.60 Å². The summed E-state index contributed by atoms with van der Waals surface area (Å²) in [7, 11) is 0. The van der Waals surface area contributed by atoms with Gasteiger partial charge < -0.3 is 15.4 Å². The molecule has 128 valence electrons. The molecule has 0 aromatic heterocycles. The number of aryl methyl sites for hydroxylation is 1. The smallest absolute Gasteiger partial charge is 0.408 e. The van der Waals surface area contributed by atoms with Crippen molar-refractivity contribution in [3.8, 4) is 0 Å². The van der Waals surface area contributed by atoms with Crippen LogP contribution in [0.25, 0.3) is 0 Å². The van der Waals surface area contributed by atoms with E-state index in [4.69, 9.17) is 4.74 Å². The minimum absolute atomic E-state index is 0.0760. The lowest BCUT2D eigenvalue weighted by Crippen LogP contribution is -2.52. The molecule has 0 unspecified atom stereocenters. The van der Waals surface area contributed by atoms with Crippen LogP contribution in [0.5, 0.6) is 0 Å². The second-order valence-corrected chi connectivity index (χ2v) is 7.45. The highest BCUT2D eigenvalue weighted by Gasteiger charge is 2.25. The van der Waals surface area contributed by atoms with Gasteiger partial charge in [-0.3, -0.25) is 4.79 Å². The van der Waals surface area contributed by atoms with Crippen LogP contribution in [0.1, 0.15) is 45.7 Å². The molecule has 0 spiro atoms. The molecule has 0 radical (unpaired) electrons. The predicted molar refractivity (Wildman–Crippen MR) is 91.3 cm³/mol. The molecule has 0 fully saturated rings. The fraction of sp³-hybridized carbons (Fsp3) is 0.556. The second kappa shape index (κ2) is 7.49. The van der Waals surface area contributed by atoms with Gasteiger partial charge in [0.05, 0.1) is 12.0 Å². The fourth-order valence-corrected chi connectivity index (χ4v) is 1.90. The molecule has 0 saturated carbocycles. The van der Waals surface area contributed by atoms with Crippen molar-refractivity contribution in [1.29, 1.82) is 0 Å². The molecule has 0 aliphatic heterocycles. The Hall–Kier alpha value is -2.04. The summed E-state index contributed by atoms with van der Waals surface area (Å²) in [6.07, 6.45) is -0.168. The van der Waals surface area contributed by atoms with Crippen molar-refractivity contribution in [1.82, 2.24) is 10.6 Å². The van der Waals surface area contributed by atoms with Gasteiger partial charge in [-0.1, -0.05) is 29.8 Å². The molecule has 23 heavy (non-hydrogen) atoms. The lowest BCUT2D eigenvalue weighted by Gasteiger charge is -2.28. The van der Waals surface area contributed by atoms with Gasteiger partial charge in [0, 0.05) is 6.54 Å². The van der Waals surface area contributed by atoms with Crippen molar-refractivity contribution in [3.05, 3.63) is 35.4 Å². The average molecular weight is 320 g/mol. The first-order valence-electron chi connectivity index (χ1n) is 7.80. The summed E-state index contributed by atoms with van der Waals surface area (Å²) in [5, 5.41) is 5.61. The molecule has 0 aliphatic carbocycles. The van der Waals surface area contributed by atoms with E-state index in [1.807, 2.05) is 65.8 Å². The van der Waals surface area contributed by atoms with Crippen molar-refractivity contribution < 1.29 is 14.3 Å². The summed E-state index contributed by atoms with van der Waals surface area (Å²) in [6, 6.07) is 7.85. The molecule has 0 bridgehead atoms. The molecule has 0 heterocycles. The average Bonchev–Trinajstić information content (AvgIpc) is 2.36. The number of benzene rings is 1. The predicted octanol–water partition coefficient (Wildman–Crippen LogP) is 2.96. The second-order valence-electron chi connectivity index (χ2n) is 7.45. The maximum Gasteiger partial charge on any atom is 0.408 e. The summed E-state index contributed by atoms with van der Waals surface area (Å²) in [5.41, 5.74) is 0.989. The van der Waals surface area contributed by atoms with Crippen LogP contribution in [-0.2, 0) is 16.0 Å². The van der Waals surface area contributed by atoms with Crippen LogP contribution < -0.4 is 10.6 Å². The van der Waals surface area contributed by atoms with Crippen LogP contribution in [0.2, 0.25) is 0 Å². The van der Waals surface area contributed by atoms with Crippen molar-refractivity contribution >= 4 is 12.0 Å². The molecule has 1 rings (SSSR count). The highest BCUT2D eigenvalue weighted by Crippen LogP contribution is 2.09. The molecule has 2 N–H and O–H groups in total. The lowest BCUT2D eigenvalue weighted by molar-refractivity contribution is -0.120. The molecule has 1 aromatic carbocycles. The first-order valence-corrected chi connectivity index (χ1v) is 7.80. The van der Waals surface area contributed by atoms with E-state index in [-0.39, 0.29) is 5.91 Å². The number of carbonyl (C=O) groups is 2. The Morgan fingerprint density at radius 1 is 1.04 bits per heavy atom. The number of amides is 2. The highest BCUT2D eigenvalue weighted by atomic mass is 16.6. The van der Waals surface area contributed by atoms with Gasteiger partial charge in [-0.25, -0.2) is 4.79 Å². The zero-order chi connectivity index (χ0) is 17.7. The molecule has 5 heteroatoms. The normalized spacial score (nSPS) is 11.7. The third kappa shape index (κ3) is 8.24. The van der Waals surface area contributed by atoms with Gasteiger partial charge in [-0.2, -0.15) is 0 Å². The van der Waals surface area contributed by atoms with E-state index in [2.05, 4.69) is 10.6 Å². The van der Waals surface area contributed by atoms with Crippen molar-refractivity contribution in [2.75, 3.05) is 6.54 Å². The Morgan fingerprint density at radius 3 is 2.13 bits per heavy atom. The van der Waals surface area contributed by atoms with E-state index in [0.29, 0.717) is 13.0 Å². The third-order valence-electron chi connectivity index (χ3n) is 3.05. The van der Waals surface area contributed by atoms with E-state index in [1.165, 1.54) is 0 Å². The molecular weight excluding hydrogens is 292 g/mol. The number of ether oxygens (including phenoxy) is 1. The number of carbonyl (C=O) groups excluding carboxylic acids is 2. The van der Waals surface area contributed by atoms with Crippen LogP contribution in [0.15, 0.2) is 24.3 Å². The molecule has 1 aromatic rings. The fourth-order valence-electron chi connectivity index (χ4n) is 1.90. The number of nitrogens with one attached hydrogen (secondary N) is 2. The van der Waals surface area contributed by atoms with Crippen LogP contribution >= 0.6 is 0 Å². The van der Waals surface area contributed by atoms with Crippen molar-refractivity contribution in [2.45, 2.75) is 59.1 Å². The van der Waals surface area contributed by atoms with E-state index in [0.717, 1.165) is 11.1 Å². The number of rotatable bonds is 5. The standard InChI is InChI=1S/C18H28N2O3/c1-13-7-9-14(10-8-13)11-15(21)19-12-18(5,6)20-16(22)23-17(2,3)4/h7-10H,11-12H2,1-6H3,(H,19,21)(H,20,22). The number of hydrogen-bond acceptors (Lipinski definition) is 3. The van der Waals surface area contributed by atoms with E-state index in [9.17, 15) is 9.59 Å². The minimum Gasteiger partial charge on any atom is -0.444 e.